The highest BCUT2D eigenvalue weighted by molar-refractivity contribution is 6.21. The minimum absolute atomic E-state index is 0.201. The lowest BCUT2D eigenvalue weighted by molar-refractivity contribution is 0.328. The van der Waals surface area contributed by atoms with Crippen molar-refractivity contribution in [2.75, 3.05) is 0 Å². The Morgan fingerprint density at radius 1 is 0.917 bits per heavy atom. The van der Waals surface area contributed by atoms with Crippen LogP contribution in [0.4, 0.5) is 5.69 Å². The molecule has 2 heterocycles. The number of para-hydroxylation sites is 1. The zero-order valence-electron chi connectivity index (χ0n) is 12.8. The molecule has 0 radical (unpaired) electrons. The van der Waals surface area contributed by atoms with E-state index in [4.69, 9.17) is 4.42 Å². The van der Waals surface area contributed by atoms with Gasteiger partial charge in [-0.05, 0) is 23.8 Å². The van der Waals surface area contributed by atoms with Gasteiger partial charge in [0, 0.05) is 23.4 Å². The van der Waals surface area contributed by atoms with E-state index >= 15 is 0 Å². The average Bonchev–Trinajstić information content (AvgIpc) is 3.18. The Labute approximate surface area is 139 Å². The molecule has 1 aliphatic rings. The predicted molar refractivity (Wildman–Crippen MR) is 96.0 cm³/mol. The maximum Gasteiger partial charge on any atom is 0.310 e. The van der Waals surface area contributed by atoms with Crippen LogP contribution in [0.2, 0.25) is 0 Å². The van der Waals surface area contributed by atoms with Gasteiger partial charge in [0.1, 0.15) is 5.69 Å². The summed E-state index contributed by atoms with van der Waals surface area (Å²) in [6, 6.07) is 17.7. The van der Waals surface area contributed by atoms with E-state index in [1.807, 2.05) is 60.7 Å². The maximum atomic E-state index is 9.98. The van der Waals surface area contributed by atoms with Crippen LogP contribution in [0.5, 0.6) is 5.95 Å². The predicted octanol–water partition coefficient (Wildman–Crippen LogP) is 4.81. The van der Waals surface area contributed by atoms with Crippen molar-refractivity contribution in [3.8, 4) is 5.95 Å². The fourth-order valence-corrected chi connectivity index (χ4v) is 2.54. The molecule has 4 heteroatoms. The summed E-state index contributed by atoms with van der Waals surface area (Å²) >= 11 is 0. The van der Waals surface area contributed by atoms with Crippen LogP contribution >= 0.6 is 0 Å². The van der Waals surface area contributed by atoms with Gasteiger partial charge in [0.2, 0.25) is 5.89 Å². The van der Waals surface area contributed by atoms with E-state index in [0.717, 1.165) is 22.4 Å². The smallest absolute Gasteiger partial charge is 0.310 e. The molecule has 0 fully saturated rings. The van der Waals surface area contributed by atoms with Crippen LogP contribution < -0.4 is 0 Å². The fraction of sp³-hybridized carbons (Fsp3) is 0. The molecule has 2 aromatic carbocycles. The van der Waals surface area contributed by atoms with Crippen LogP contribution in [0.3, 0.4) is 0 Å². The Hall–Kier alpha value is -3.40. The standard InChI is InChI=1S/C20H14N2O2/c23-20-18(12-15-13-21-17-9-5-4-8-16(15)17)22-19(24-20)11-10-14-6-2-1-3-7-14/h1-13,23H. The van der Waals surface area contributed by atoms with Crippen molar-refractivity contribution in [3.05, 3.63) is 77.3 Å². The van der Waals surface area contributed by atoms with Gasteiger partial charge in [-0.25, -0.2) is 4.98 Å². The second-order valence-corrected chi connectivity index (χ2v) is 5.36. The Kier molecular flexibility index (Phi) is 3.56. The molecule has 1 aromatic heterocycles. The van der Waals surface area contributed by atoms with Gasteiger partial charge in [0.15, 0.2) is 0 Å². The second-order valence-electron chi connectivity index (χ2n) is 5.36. The van der Waals surface area contributed by atoms with E-state index in [-0.39, 0.29) is 5.95 Å². The topological polar surface area (TPSA) is 58.6 Å². The van der Waals surface area contributed by atoms with Crippen molar-refractivity contribution in [1.29, 1.82) is 0 Å². The number of aromatic hydroxyl groups is 1. The van der Waals surface area contributed by atoms with E-state index < -0.39 is 0 Å². The first-order valence-electron chi connectivity index (χ1n) is 7.58. The monoisotopic (exact) mass is 314 g/mol. The number of aliphatic imine (C=N–C) groups is 1. The van der Waals surface area contributed by atoms with Crippen molar-refractivity contribution in [2.45, 2.75) is 0 Å². The zero-order valence-corrected chi connectivity index (χ0v) is 12.8. The molecule has 0 bridgehead atoms. The van der Waals surface area contributed by atoms with Crippen LogP contribution in [0.25, 0.3) is 23.8 Å². The number of hydrogen-bond acceptors (Lipinski definition) is 4. The number of hydrogen-bond donors (Lipinski definition) is 1. The summed E-state index contributed by atoms with van der Waals surface area (Å²) in [5, 5.41) is 9.98. The third-order valence-corrected chi connectivity index (χ3v) is 3.72. The summed E-state index contributed by atoms with van der Waals surface area (Å²) in [4.78, 5) is 8.66. The van der Waals surface area contributed by atoms with Crippen LogP contribution in [-0.2, 0) is 0 Å². The summed E-state index contributed by atoms with van der Waals surface area (Å²) in [6.45, 7) is 0. The quantitative estimate of drug-likeness (QED) is 0.755. The molecule has 1 N–H and O–H groups in total. The molecule has 116 valence electrons. The minimum atomic E-state index is -0.201. The van der Waals surface area contributed by atoms with Gasteiger partial charge in [-0.15, -0.1) is 0 Å². The molecular formula is C20H14N2O2. The van der Waals surface area contributed by atoms with Crippen LogP contribution in [0, 0.1) is 0 Å². The third-order valence-electron chi connectivity index (χ3n) is 3.72. The van der Waals surface area contributed by atoms with Gasteiger partial charge in [-0.1, -0.05) is 48.5 Å². The van der Waals surface area contributed by atoms with Gasteiger partial charge in [-0.3, -0.25) is 4.99 Å². The molecule has 0 atom stereocenters. The van der Waals surface area contributed by atoms with Crippen molar-refractivity contribution in [3.63, 3.8) is 0 Å². The van der Waals surface area contributed by atoms with Gasteiger partial charge in [0.25, 0.3) is 0 Å². The van der Waals surface area contributed by atoms with Crippen LogP contribution in [0.1, 0.15) is 22.7 Å². The fourth-order valence-electron chi connectivity index (χ4n) is 2.54. The first-order chi connectivity index (χ1) is 11.8. The lowest BCUT2D eigenvalue weighted by Crippen LogP contribution is -1.81. The molecule has 0 unspecified atom stereocenters. The van der Waals surface area contributed by atoms with E-state index in [9.17, 15) is 5.11 Å². The Bertz CT molecular complexity index is 966. The van der Waals surface area contributed by atoms with E-state index in [1.165, 1.54) is 0 Å². The lowest BCUT2D eigenvalue weighted by Gasteiger charge is -1.97. The number of allylic oxidation sites excluding steroid dienone is 1. The van der Waals surface area contributed by atoms with E-state index in [0.29, 0.717) is 11.6 Å². The Morgan fingerprint density at radius 2 is 1.71 bits per heavy atom. The molecule has 4 nitrogen and oxygen atoms in total. The van der Waals surface area contributed by atoms with Gasteiger partial charge < -0.3 is 9.52 Å². The highest BCUT2D eigenvalue weighted by Gasteiger charge is 2.14. The largest absolute Gasteiger partial charge is 0.479 e. The number of aromatic nitrogens is 1. The van der Waals surface area contributed by atoms with Crippen LogP contribution in [-0.4, -0.2) is 16.3 Å². The molecule has 0 spiro atoms. The van der Waals surface area contributed by atoms with Crippen molar-refractivity contribution in [2.24, 2.45) is 4.99 Å². The van der Waals surface area contributed by atoms with Gasteiger partial charge in [0.05, 0.1) is 5.69 Å². The highest BCUT2D eigenvalue weighted by atomic mass is 16.5. The Balaban J connectivity index is 1.62. The molecule has 0 saturated carbocycles. The van der Waals surface area contributed by atoms with Gasteiger partial charge in [-0.2, -0.15) is 0 Å². The second kappa shape index (κ2) is 6.01. The lowest BCUT2D eigenvalue weighted by atomic mass is 10.1. The van der Waals surface area contributed by atoms with E-state index in [1.54, 1.807) is 18.4 Å². The molecule has 0 aliphatic carbocycles. The zero-order chi connectivity index (χ0) is 16.4. The normalized spacial score (nSPS) is 14.6. The molecule has 24 heavy (non-hydrogen) atoms. The molecule has 3 aromatic rings. The molecule has 4 rings (SSSR count). The molecular weight excluding hydrogens is 300 g/mol. The summed E-state index contributed by atoms with van der Waals surface area (Å²) < 4.78 is 5.30. The van der Waals surface area contributed by atoms with Crippen molar-refractivity contribution < 1.29 is 9.52 Å². The number of benzene rings is 2. The summed E-state index contributed by atoms with van der Waals surface area (Å²) in [6.07, 6.45) is 7.15. The molecule has 1 aliphatic heterocycles. The van der Waals surface area contributed by atoms with Gasteiger partial charge >= 0.3 is 5.95 Å². The first kappa shape index (κ1) is 14.2. The average molecular weight is 314 g/mol. The van der Waals surface area contributed by atoms with Crippen molar-refractivity contribution in [1.82, 2.24) is 4.98 Å². The number of oxazole rings is 1. The number of rotatable bonds is 3. The summed E-state index contributed by atoms with van der Waals surface area (Å²) in [7, 11) is 0. The summed E-state index contributed by atoms with van der Waals surface area (Å²) in [5.41, 5.74) is 4.25. The minimum Gasteiger partial charge on any atom is -0.479 e. The van der Waals surface area contributed by atoms with Crippen LogP contribution in [0.15, 0.2) is 64.0 Å². The molecule has 0 amide bonds. The first-order valence-corrected chi connectivity index (χ1v) is 7.58. The number of fused-ring (bicyclic) bond motifs is 1. The third kappa shape index (κ3) is 2.77. The SMILES string of the molecule is Oc1oc(C=Cc2ccccc2)nc1C=C1C=Nc2ccccc21. The summed E-state index contributed by atoms with van der Waals surface area (Å²) in [5.74, 6) is 0.152. The highest BCUT2D eigenvalue weighted by Crippen LogP contribution is 2.33. The Morgan fingerprint density at radius 3 is 2.58 bits per heavy atom. The maximum absolute atomic E-state index is 9.98. The molecule has 0 saturated heterocycles. The van der Waals surface area contributed by atoms with Crippen molar-refractivity contribution >= 4 is 35.7 Å². The number of nitrogens with zero attached hydrogens (tertiary/aromatic N) is 2. The van der Waals surface area contributed by atoms with E-state index in [2.05, 4.69) is 9.98 Å².